The monoisotopic (exact) mass is 287 g/mol. The summed E-state index contributed by atoms with van der Waals surface area (Å²) in [5.41, 5.74) is 1.98. The number of hydrogen-bond acceptors (Lipinski definition) is 4. The highest BCUT2D eigenvalue weighted by Crippen LogP contribution is 2.25. The standard InChI is InChI=1S/C15H17N3OS/c1-10(12-7-16-8-12)14(19)18-15-17-13(9-20-15)11-5-3-2-4-6-11/h2-6,9-10,12,16H,7-8H2,1H3,(H,17,18,19). The van der Waals surface area contributed by atoms with Crippen molar-refractivity contribution < 1.29 is 4.79 Å². The molecule has 1 aromatic heterocycles. The number of rotatable bonds is 4. The average molecular weight is 287 g/mol. The first-order chi connectivity index (χ1) is 9.74. The van der Waals surface area contributed by atoms with E-state index in [1.165, 1.54) is 11.3 Å². The van der Waals surface area contributed by atoms with Gasteiger partial charge in [-0.05, 0) is 19.0 Å². The molecule has 4 nitrogen and oxygen atoms in total. The van der Waals surface area contributed by atoms with Gasteiger partial charge in [-0.25, -0.2) is 4.98 Å². The second-order valence-electron chi connectivity index (χ2n) is 5.10. The van der Waals surface area contributed by atoms with Gasteiger partial charge in [0.2, 0.25) is 5.91 Å². The van der Waals surface area contributed by atoms with Crippen LogP contribution in [0.5, 0.6) is 0 Å². The highest BCUT2D eigenvalue weighted by atomic mass is 32.1. The molecule has 2 aromatic rings. The second kappa shape index (κ2) is 5.73. The molecule has 20 heavy (non-hydrogen) atoms. The average Bonchev–Trinajstić information content (AvgIpc) is 2.86. The zero-order chi connectivity index (χ0) is 13.9. The van der Waals surface area contributed by atoms with Gasteiger partial charge in [-0.15, -0.1) is 11.3 Å². The van der Waals surface area contributed by atoms with E-state index >= 15 is 0 Å². The van der Waals surface area contributed by atoms with E-state index in [0.29, 0.717) is 11.0 Å². The maximum Gasteiger partial charge on any atom is 0.229 e. The summed E-state index contributed by atoms with van der Waals surface area (Å²) in [5.74, 6) is 0.536. The van der Waals surface area contributed by atoms with Crippen molar-refractivity contribution in [2.24, 2.45) is 11.8 Å². The van der Waals surface area contributed by atoms with E-state index in [1.807, 2.05) is 42.6 Å². The quantitative estimate of drug-likeness (QED) is 0.909. The number of thiazole rings is 1. The molecule has 1 saturated heterocycles. The van der Waals surface area contributed by atoms with E-state index in [-0.39, 0.29) is 11.8 Å². The molecule has 1 aromatic carbocycles. The Labute approximate surface area is 122 Å². The van der Waals surface area contributed by atoms with Crippen molar-refractivity contribution in [2.45, 2.75) is 6.92 Å². The van der Waals surface area contributed by atoms with Crippen molar-refractivity contribution in [3.63, 3.8) is 0 Å². The smallest absolute Gasteiger partial charge is 0.229 e. The van der Waals surface area contributed by atoms with Crippen molar-refractivity contribution in [3.8, 4) is 11.3 Å². The third-order valence-electron chi connectivity index (χ3n) is 3.74. The number of amides is 1. The first-order valence-electron chi connectivity index (χ1n) is 6.76. The Kier molecular flexibility index (Phi) is 3.80. The molecule has 104 valence electrons. The van der Waals surface area contributed by atoms with Gasteiger partial charge in [0.05, 0.1) is 5.69 Å². The van der Waals surface area contributed by atoms with Crippen molar-refractivity contribution in [1.29, 1.82) is 0 Å². The van der Waals surface area contributed by atoms with E-state index in [9.17, 15) is 4.79 Å². The van der Waals surface area contributed by atoms with Crippen LogP contribution < -0.4 is 10.6 Å². The van der Waals surface area contributed by atoms with Crippen LogP contribution in [0.2, 0.25) is 0 Å². The molecule has 3 rings (SSSR count). The van der Waals surface area contributed by atoms with Crippen molar-refractivity contribution in [3.05, 3.63) is 35.7 Å². The largest absolute Gasteiger partial charge is 0.316 e. The number of anilines is 1. The van der Waals surface area contributed by atoms with Crippen LogP contribution in [-0.2, 0) is 4.79 Å². The van der Waals surface area contributed by atoms with E-state index in [4.69, 9.17) is 0 Å². The minimum Gasteiger partial charge on any atom is -0.316 e. The van der Waals surface area contributed by atoms with Crippen molar-refractivity contribution in [1.82, 2.24) is 10.3 Å². The van der Waals surface area contributed by atoms with Gasteiger partial charge < -0.3 is 10.6 Å². The third-order valence-corrected chi connectivity index (χ3v) is 4.50. The Morgan fingerprint density at radius 2 is 2.15 bits per heavy atom. The summed E-state index contributed by atoms with van der Waals surface area (Å²) in [4.78, 5) is 16.6. The molecule has 1 amide bonds. The summed E-state index contributed by atoms with van der Waals surface area (Å²) >= 11 is 1.47. The minimum atomic E-state index is 0.0281. The molecule has 5 heteroatoms. The van der Waals surface area contributed by atoms with Crippen LogP contribution in [0.1, 0.15) is 6.92 Å². The first-order valence-corrected chi connectivity index (χ1v) is 7.64. The number of nitrogens with zero attached hydrogens (tertiary/aromatic N) is 1. The predicted molar refractivity (Wildman–Crippen MR) is 81.7 cm³/mol. The van der Waals surface area contributed by atoms with Gasteiger partial charge in [-0.2, -0.15) is 0 Å². The SMILES string of the molecule is CC(C(=O)Nc1nc(-c2ccccc2)cs1)C1CNC1. The van der Waals surface area contributed by atoms with Crippen LogP contribution in [-0.4, -0.2) is 24.0 Å². The molecule has 0 aliphatic carbocycles. The molecule has 0 bridgehead atoms. The van der Waals surface area contributed by atoms with Crippen LogP contribution in [0, 0.1) is 11.8 Å². The van der Waals surface area contributed by atoms with E-state index in [0.717, 1.165) is 24.3 Å². The summed E-state index contributed by atoms with van der Waals surface area (Å²) in [5, 5.41) is 8.76. The normalized spacial score (nSPS) is 16.4. The molecule has 0 spiro atoms. The van der Waals surface area contributed by atoms with Gasteiger partial charge in [0.25, 0.3) is 0 Å². The summed E-state index contributed by atoms with van der Waals surface area (Å²) in [6.07, 6.45) is 0. The Hall–Kier alpha value is -1.72. The zero-order valence-electron chi connectivity index (χ0n) is 11.3. The first kappa shape index (κ1) is 13.3. The molecule has 2 heterocycles. The van der Waals surface area contributed by atoms with Crippen LogP contribution in [0.25, 0.3) is 11.3 Å². The molecule has 2 N–H and O–H groups in total. The Bertz CT molecular complexity index is 592. The van der Waals surface area contributed by atoms with Gasteiger partial charge >= 0.3 is 0 Å². The highest BCUT2D eigenvalue weighted by Gasteiger charge is 2.29. The second-order valence-corrected chi connectivity index (χ2v) is 5.96. The number of carbonyl (C=O) groups excluding carboxylic acids is 1. The van der Waals surface area contributed by atoms with Crippen LogP contribution >= 0.6 is 11.3 Å². The molecular formula is C15H17N3OS. The van der Waals surface area contributed by atoms with Crippen LogP contribution in [0.15, 0.2) is 35.7 Å². The van der Waals surface area contributed by atoms with Gasteiger partial charge in [-0.3, -0.25) is 4.79 Å². The van der Waals surface area contributed by atoms with Crippen molar-refractivity contribution in [2.75, 3.05) is 18.4 Å². The van der Waals surface area contributed by atoms with Crippen molar-refractivity contribution >= 4 is 22.4 Å². The molecule has 1 atom stereocenters. The number of nitrogens with one attached hydrogen (secondary N) is 2. The number of benzene rings is 1. The predicted octanol–water partition coefficient (Wildman–Crippen LogP) is 2.60. The molecular weight excluding hydrogens is 270 g/mol. The van der Waals surface area contributed by atoms with Gasteiger partial charge in [-0.1, -0.05) is 37.3 Å². The number of hydrogen-bond donors (Lipinski definition) is 2. The maximum absolute atomic E-state index is 12.1. The Morgan fingerprint density at radius 1 is 1.40 bits per heavy atom. The fraction of sp³-hybridized carbons (Fsp3) is 0.333. The van der Waals surface area contributed by atoms with Gasteiger partial charge in [0, 0.05) is 16.9 Å². The number of aromatic nitrogens is 1. The molecule has 1 unspecified atom stereocenters. The minimum absolute atomic E-state index is 0.0281. The lowest BCUT2D eigenvalue weighted by atomic mass is 9.88. The van der Waals surface area contributed by atoms with E-state index in [1.54, 1.807) is 0 Å². The Morgan fingerprint density at radius 3 is 2.80 bits per heavy atom. The lowest BCUT2D eigenvalue weighted by molar-refractivity contribution is -0.121. The van der Waals surface area contributed by atoms with Gasteiger partial charge in [0.15, 0.2) is 5.13 Å². The van der Waals surface area contributed by atoms with E-state index < -0.39 is 0 Å². The summed E-state index contributed by atoms with van der Waals surface area (Å²) in [7, 11) is 0. The van der Waals surface area contributed by atoms with E-state index in [2.05, 4.69) is 15.6 Å². The van der Waals surface area contributed by atoms with Crippen LogP contribution in [0.4, 0.5) is 5.13 Å². The zero-order valence-corrected chi connectivity index (χ0v) is 12.1. The summed E-state index contributed by atoms with van der Waals surface area (Å²) in [6.45, 7) is 3.84. The number of carbonyl (C=O) groups is 1. The Balaban J connectivity index is 1.66. The van der Waals surface area contributed by atoms with Crippen LogP contribution in [0.3, 0.4) is 0 Å². The highest BCUT2D eigenvalue weighted by molar-refractivity contribution is 7.14. The molecule has 0 saturated carbocycles. The lowest BCUT2D eigenvalue weighted by Crippen LogP contribution is -2.48. The van der Waals surface area contributed by atoms with Gasteiger partial charge in [0.1, 0.15) is 0 Å². The topological polar surface area (TPSA) is 54.0 Å². The molecule has 0 radical (unpaired) electrons. The maximum atomic E-state index is 12.1. The summed E-state index contributed by atoms with van der Waals surface area (Å²) in [6, 6.07) is 9.98. The fourth-order valence-corrected chi connectivity index (χ4v) is 2.89. The molecule has 1 fully saturated rings. The molecule has 1 aliphatic rings. The third kappa shape index (κ3) is 2.73. The summed E-state index contributed by atoms with van der Waals surface area (Å²) < 4.78 is 0. The lowest BCUT2D eigenvalue weighted by Gasteiger charge is -2.31. The molecule has 1 aliphatic heterocycles. The fourth-order valence-electron chi connectivity index (χ4n) is 2.17.